The van der Waals surface area contributed by atoms with Crippen molar-refractivity contribution in [1.29, 1.82) is 0 Å². The lowest BCUT2D eigenvalue weighted by atomic mass is 9.95. The summed E-state index contributed by atoms with van der Waals surface area (Å²) in [6.07, 6.45) is 3.93. The normalized spacial score (nSPS) is 14.6. The van der Waals surface area contributed by atoms with Crippen molar-refractivity contribution >= 4 is 5.91 Å². The second-order valence-corrected chi connectivity index (χ2v) is 5.87. The van der Waals surface area contributed by atoms with Gasteiger partial charge in [-0.2, -0.15) is 0 Å². The molecule has 3 N–H and O–H groups in total. The first kappa shape index (κ1) is 20.3. The molecule has 126 valence electrons. The van der Waals surface area contributed by atoms with E-state index >= 15 is 0 Å². The molecule has 0 aliphatic carbocycles. The average Bonchev–Trinajstić information content (AvgIpc) is 2.48. The van der Waals surface area contributed by atoms with Crippen LogP contribution in [0.2, 0.25) is 0 Å². The van der Waals surface area contributed by atoms with E-state index in [9.17, 15) is 4.79 Å². The number of hydrogen-bond donors (Lipinski definition) is 2. The van der Waals surface area contributed by atoms with Gasteiger partial charge in [0, 0.05) is 26.2 Å². The van der Waals surface area contributed by atoms with Gasteiger partial charge in [0.15, 0.2) is 0 Å². The molecule has 1 amide bonds. The molecule has 0 aromatic rings. The van der Waals surface area contributed by atoms with Gasteiger partial charge in [-0.05, 0) is 39.2 Å². The smallest absolute Gasteiger partial charge is 0.237 e. The lowest BCUT2D eigenvalue weighted by Crippen LogP contribution is -2.55. The Labute approximate surface area is 130 Å². The molecule has 0 aliphatic heterocycles. The molecule has 5 heteroatoms. The summed E-state index contributed by atoms with van der Waals surface area (Å²) in [6, 6.07) is 0.531. The highest BCUT2D eigenvalue weighted by atomic mass is 16.5. The van der Waals surface area contributed by atoms with E-state index in [-0.39, 0.29) is 5.91 Å². The Morgan fingerprint density at radius 1 is 1.29 bits per heavy atom. The number of hydrogen-bond acceptors (Lipinski definition) is 4. The average molecular weight is 301 g/mol. The fourth-order valence-electron chi connectivity index (χ4n) is 2.56. The monoisotopic (exact) mass is 301 g/mol. The van der Waals surface area contributed by atoms with E-state index in [1.165, 1.54) is 0 Å². The molecule has 0 aliphatic rings. The second-order valence-electron chi connectivity index (χ2n) is 5.87. The van der Waals surface area contributed by atoms with E-state index in [1.807, 2.05) is 6.92 Å². The van der Waals surface area contributed by atoms with Crippen molar-refractivity contribution in [2.75, 3.05) is 33.4 Å². The zero-order chi connectivity index (χ0) is 16.3. The van der Waals surface area contributed by atoms with Crippen molar-refractivity contribution in [2.24, 2.45) is 5.73 Å². The highest BCUT2D eigenvalue weighted by Crippen LogP contribution is 2.15. The molecule has 0 radical (unpaired) electrons. The maximum Gasteiger partial charge on any atom is 0.237 e. The molecule has 0 rings (SSSR count). The van der Waals surface area contributed by atoms with Crippen LogP contribution in [0.3, 0.4) is 0 Å². The Hall–Kier alpha value is -0.650. The summed E-state index contributed by atoms with van der Waals surface area (Å²) in [5.74, 6) is -0.271. The zero-order valence-corrected chi connectivity index (χ0v) is 14.6. The van der Waals surface area contributed by atoms with E-state index in [1.54, 1.807) is 7.11 Å². The maximum absolute atomic E-state index is 11.8. The van der Waals surface area contributed by atoms with Gasteiger partial charge in [-0.25, -0.2) is 0 Å². The van der Waals surface area contributed by atoms with Gasteiger partial charge in [-0.3, -0.25) is 9.69 Å². The number of methoxy groups -OCH3 is 1. The van der Waals surface area contributed by atoms with Crippen LogP contribution in [0, 0.1) is 0 Å². The first-order valence-corrected chi connectivity index (χ1v) is 8.23. The van der Waals surface area contributed by atoms with Crippen LogP contribution in [0.25, 0.3) is 0 Å². The molecule has 0 saturated heterocycles. The van der Waals surface area contributed by atoms with Gasteiger partial charge in [0.1, 0.15) is 0 Å². The Morgan fingerprint density at radius 2 is 1.90 bits per heavy atom. The Kier molecular flexibility index (Phi) is 10.6. The molecule has 0 spiro atoms. The third-order valence-corrected chi connectivity index (χ3v) is 4.25. The first-order valence-electron chi connectivity index (χ1n) is 8.23. The number of nitrogens with two attached hydrogens (primary N) is 1. The van der Waals surface area contributed by atoms with E-state index in [4.69, 9.17) is 10.5 Å². The van der Waals surface area contributed by atoms with Crippen molar-refractivity contribution in [2.45, 2.75) is 65.0 Å². The number of primary amides is 1. The van der Waals surface area contributed by atoms with E-state index in [0.29, 0.717) is 12.6 Å². The predicted octanol–water partition coefficient (Wildman–Crippen LogP) is 1.76. The SMILES string of the molecule is CCCNC(C)(CCN(CCOC)C(CC)CC)C(N)=O. The Bertz CT molecular complexity index is 283. The third kappa shape index (κ3) is 7.25. The molecule has 0 saturated carbocycles. The summed E-state index contributed by atoms with van der Waals surface area (Å²) in [4.78, 5) is 14.2. The lowest BCUT2D eigenvalue weighted by molar-refractivity contribution is -0.124. The van der Waals surface area contributed by atoms with Crippen LogP contribution in [0.5, 0.6) is 0 Å². The molecule has 0 aromatic heterocycles. The molecule has 0 heterocycles. The second kappa shape index (κ2) is 11.0. The fraction of sp³-hybridized carbons (Fsp3) is 0.938. The fourth-order valence-corrected chi connectivity index (χ4v) is 2.56. The van der Waals surface area contributed by atoms with Crippen LogP contribution in [0.4, 0.5) is 0 Å². The van der Waals surface area contributed by atoms with Crippen LogP contribution < -0.4 is 11.1 Å². The summed E-state index contributed by atoms with van der Waals surface area (Å²) < 4.78 is 5.21. The number of nitrogens with one attached hydrogen (secondary N) is 1. The van der Waals surface area contributed by atoms with Crippen LogP contribution in [0.15, 0.2) is 0 Å². The number of rotatable bonds is 13. The molecule has 21 heavy (non-hydrogen) atoms. The summed E-state index contributed by atoms with van der Waals surface area (Å²) in [7, 11) is 1.72. The number of nitrogens with zero attached hydrogens (tertiary/aromatic N) is 1. The molecule has 0 bridgehead atoms. The Balaban J connectivity index is 4.69. The lowest BCUT2D eigenvalue weighted by Gasteiger charge is -2.34. The topological polar surface area (TPSA) is 67.6 Å². The highest BCUT2D eigenvalue weighted by molar-refractivity contribution is 5.84. The van der Waals surface area contributed by atoms with Crippen molar-refractivity contribution in [3.63, 3.8) is 0 Å². The summed E-state index contributed by atoms with van der Waals surface area (Å²) >= 11 is 0. The molecule has 0 aromatic carbocycles. The highest BCUT2D eigenvalue weighted by Gasteiger charge is 2.31. The number of carbonyl (C=O) groups excluding carboxylic acids is 1. The number of carbonyl (C=O) groups is 1. The minimum Gasteiger partial charge on any atom is -0.383 e. The van der Waals surface area contributed by atoms with Crippen LogP contribution in [0.1, 0.15) is 53.4 Å². The maximum atomic E-state index is 11.8. The molecular formula is C16H35N3O2. The van der Waals surface area contributed by atoms with Crippen LogP contribution >= 0.6 is 0 Å². The molecular weight excluding hydrogens is 266 g/mol. The third-order valence-electron chi connectivity index (χ3n) is 4.25. The van der Waals surface area contributed by atoms with Gasteiger partial charge in [0.25, 0.3) is 0 Å². The van der Waals surface area contributed by atoms with Gasteiger partial charge < -0.3 is 15.8 Å². The van der Waals surface area contributed by atoms with Crippen molar-refractivity contribution in [1.82, 2.24) is 10.2 Å². The van der Waals surface area contributed by atoms with Gasteiger partial charge >= 0.3 is 0 Å². The minimum absolute atomic E-state index is 0.271. The van der Waals surface area contributed by atoms with Crippen LogP contribution in [-0.2, 0) is 9.53 Å². The molecule has 1 unspecified atom stereocenters. The summed E-state index contributed by atoms with van der Waals surface area (Å²) in [5, 5.41) is 3.30. The van der Waals surface area contributed by atoms with Gasteiger partial charge in [0.2, 0.25) is 5.91 Å². The van der Waals surface area contributed by atoms with Gasteiger partial charge in [-0.1, -0.05) is 20.8 Å². The largest absolute Gasteiger partial charge is 0.383 e. The minimum atomic E-state index is -0.632. The number of ether oxygens (including phenoxy) is 1. The molecule has 0 fully saturated rings. The molecule has 5 nitrogen and oxygen atoms in total. The summed E-state index contributed by atoms with van der Waals surface area (Å²) in [5.41, 5.74) is 4.96. The summed E-state index contributed by atoms with van der Waals surface area (Å²) in [6.45, 7) is 11.7. The van der Waals surface area contributed by atoms with Crippen molar-refractivity contribution in [3.05, 3.63) is 0 Å². The van der Waals surface area contributed by atoms with E-state index < -0.39 is 5.54 Å². The van der Waals surface area contributed by atoms with E-state index in [0.717, 1.165) is 45.3 Å². The van der Waals surface area contributed by atoms with Gasteiger partial charge in [-0.15, -0.1) is 0 Å². The zero-order valence-electron chi connectivity index (χ0n) is 14.6. The van der Waals surface area contributed by atoms with Crippen LogP contribution in [-0.4, -0.2) is 55.7 Å². The number of amides is 1. The van der Waals surface area contributed by atoms with E-state index in [2.05, 4.69) is 31.0 Å². The van der Waals surface area contributed by atoms with Crippen molar-refractivity contribution < 1.29 is 9.53 Å². The Morgan fingerprint density at radius 3 is 2.33 bits per heavy atom. The standard InChI is InChI=1S/C16H35N3O2/c1-6-10-18-16(4,15(17)20)9-11-19(12-13-21-5)14(7-2)8-3/h14,18H,6-13H2,1-5H3,(H2,17,20). The first-order chi connectivity index (χ1) is 9.95. The van der Waals surface area contributed by atoms with Gasteiger partial charge in [0.05, 0.1) is 12.1 Å². The van der Waals surface area contributed by atoms with Crippen molar-refractivity contribution in [3.8, 4) is 0 Å². The quantitative estimate of drug-likeness (QED) is 0.544. The predicted molar refractivity (Wildman–Crippen MR) is 88.3 cm³/mol. The molecule has 1 atom stereocenters.